The van der Waals surface area contributed by atoms with Crippen molar-refractivity contribution >= 4 is 38.8 Å². The smallest absolute Gasteiger partial charge is 0.262 e. The molecule has 0 atom stereocenters. The molecule has 7 heteroatoms. The van der Waals surface area contributed by atoms with Crippen LogP contribution in [0.3, 0.4) is 0 Å². The number of benzene rings is 2. The Balaban J connectivity index is 1.74. The number of hydrogen-bond donors (Lipinski definition) is 2. The summed E-state index contributed by atoms with van der Waals surface area (Å²) in [5, 5.41) is 3.77. The number of rotatable bonds is 5. The van der Waals surface area contributed by atoms with Crippen LogP contribution in [0.5, 0.6) is 0 Å². The molecule has 0 fully saturated rings. The molecule has 0 amide bonds. The first-order chi connectivity index (χ1) is 11.9. The molecule has 3 aromatic rings. The summed E-state index contributed by atoms with van der Waals surface area (Å²) in [5.41, 5.74) is 1.92. The van der Waals surface area contributed by atoms with Gasteiger partial charge in [-0.2, -0.15) is 0 Å². The highest BCUT2D eigenvalue weighted by Crippen LogP contribution is 2.21. The summed E-state index contributed by atoms with van der Waals surface area (Å²) >= 11 is 5.85. The van der Waals surface area contributed by atoms with E-state index in [9.17, 15) is 8.42 Å². The monoisotopic (exact) mass is 373 g/mol. The number of sulfonamides is 1. The standard InChI is InChI=1S/C18H16ClN3O2S/c1-13-4-2-3-5-17(13)25(23,24)22-16-10-11-18(20-12-16)21-15-8-6-14(19)7-9-15/h2-12,22H,1H3,(H,20,21). The Hall–Kier alpha value is -2.57. The molecule has 2 aromatic carbocycles. The topological polar surface area (TPSA) is 71.1 Å². The van der Waals surface area contributed by atoms with Crippen LogP contribution in [-0.2, 0) is 10.0 Å². The second kappa shape index (κ2) is 7.13. The van der Waals surface area contributed by atoms with Gasteiger partial charge in [0.05, 0.1) is 16.8 Å². The molecule has 0 bridgehead atoms. The van der Waals surface area contributed by atoms with E-state index in [1.807, 2.05) is 12.1 Å². The lowest BCUT2D eigenvalue weighted by atomic mass is 10.2. The minimum absolute atomic E-state index is 0.248. The van der Waals surface area contributed by atoms with E-state index in [0.29, 0.717) is 22.1 Å². The maximum Gasteiger partial charge on any atom is 0.262 e. The molecule has 0 aliphatic rings. The van der Waals surface area contributed by atoms with Crippen molar-refractivity contribution in [1.82, 2.24) is 4.98 Å². The van der Waals surface area contributed by atoms with Crippen LogP contribution in [0.15, 0.2) is 71.8 Å². The number of aromatic nitrogens is 1. The highest BCUT2D eigenvalue weighted by Gasteiger charge is 2.16. The zero-order chi connectivity index (χ0) is 17.9. The summed E-state index contributed by atoms with van der Waals surface area (Å²) in [6.07, 6.45) is 1.47. The third-order valence-corrected chi connectivity index (χ3v) is 5.31. The van der Waals surface area contributed by atoms with Crippen LogP contribution >= 0.6 is 11.6 Å². The predicted octanol–water partition coefficient (Wildman–Crippen LogP) is 4.59. The molecule has 128 valence electrons. The molecule has 1 aromatic heterocycles. The first kappa shape index (κ1) is 17.3. The van der Waals surface area contributed by atoms with Crippen molar-refractivity contribution in [3.05, 3.63) is 77.4 Å². The van der Waals surface area contributed by atoms with Crippen LogP contribution in [0, 0.1) is 6.92 Å². The van der Waals surface area contributed by atoms with Crippen LogP contribution in [0.25, 0.3) is 0 Å². The van der Waals surface area contributed by atoms with E-state index in [4.69, 9.17) is 11.6 Å². The lowest BCUT2D eigenvalue weighted by Crippen LogP contribution is -2.14. The van der Waals surface area contributed by atoms with Crippen molar-refractivity contribution < 1.29 is 8.42 Å². The highest BCUT2D eigenvalue weighted by molar-refractivity contribution is 7.92. The Kier molecular flexibility index (Phi) is 4.92. The summed E-state index contributed by atoms with van der Waals surface area (Å²) < 4.78 is 27.5. The summed E-state index contributed by atoms with van der Waals surface area (Å²) in [6, 6.07) is 17.4. The number of nitrogens with zero attached hydrogens (tertiary/aromatic N) is 1. The van der Waals surface area contributed by atoms with E-state index in [1.165, 1.54) is 6.20 Å². The predicted molar refractivity (Wildman–Crippen MR) is 101 cm³/mol. The van der Waals surface area contributed by atoms with Crippen LogP contribution in [0.2, 0.25) is 5.02 Å². The molecule has 3 rings (SSSR count). The zero-order valence-corrected chi connectivity index (χ0v) is 15.0. The first-order valence-electron chi connectivity index (χ1n) is 7.51. The van der Waals surface area contributed by atoms with Crippen molar-refractivity contribution in [2.24, 2.45) is 0 Å². The van der Waals surface area contributed by atoms with E-state index < -0.39 is 10.0 Å². The van der Waals surface area contributed by atoms with Gasteiger partial charge in [0.1, 0.15) is 5.82 Å². The lowest BCUT2D eigenvalue weighted by Gasteiger charge is -2.11. The molecular weight excluding hydrogens is 358 g/mol. The number of anilines is 3. The van der Waals surface area contributed by atoms with Crippen LogP contribution in [0.4, 0.5) is 17.2 Å². The number of aryl methyl sites for hydroxylation is 1. The third-order valence-electron chi connectivity index (χ3n) is 3.52. The van der Waals surface area contributed by atoms with E-state index in [1.54, 1.807) is 55.5 Å². The molecule has 0 saturated carbocycles. The second-order valence-electron chi connectivity index (χ2n) is 5.44. The van der Waals surface area contributed by atoms with Gasteiger partial charge in [0, 0.05) is 10.7 Å². The van der Waals surface area contributed by atoms with Gasteiger partial charge in [0.25, 0.3) is 10.0 Å². The molecule has 0 saturated heterocycles. The molecular formula is C18H16ClN3O2S. The number of nitrogens with one attached hydrogen (secondary N) is 2. The van der Waals surface area contributed by atoms with Gasteiger partial charge in [0.2, 0.25) is 0 Å². The SMILES string of the molecule is Cc1ccccc1S(=O)(=O)Nc1ccc(Nc2ccc(Cl)cc2)nc1. The Labute approximate surface area is 151 Å². The first-order valence-corrected chi connectivity index (χ1v) is 9.37. The van der Waals surface area contributed by atoms with Crippen LogP contribution in [0.1, 0.15) is 5.56 Å². The third kappa shape index (κ3) is 4.29. The van der Waals surface area contributed by atoms with Crippen molar-refractivity contribution in [1.29, 1.82) is 0 Å². The molecule has 0 unspecified atom stereocenters. The maximum absolute atomic E-state index is 12.5. The van der Waals surface area contributed by atoms with Gasteiger partial charge in [-0.25, -0.2) is 13.4 Å². The van der Waals surface area contributed by atoms with Crippen LogP contribution < -0.4 is 10.0 Å². The Morgan fingerprint density at radius 3 is 2.24 bits per heavy atom. The van der Waals surface area contributed by atoms with Gasteiger partial charge in [-0.15, -0.1) is 0 Å². The fourth-order valence-corrected chi connectivity index (χ4v) is 3.69. The molecule has 0 radical (unpaired) electrons. The van der Waals surface area contributed by atoms with Crippen molar-refractivity contribution in [3.63, 3.8) is 0 Å². The quantitative estimate of drug-likeness (QED) is 0.686. The molecule has 0 aliphatic heterocycles. The lowest BCUT2D eigenvalue weighted by molar-refractivity contribution is 0.600. The van der Waals surface area contributed by atoms with Gasteiger partial charge in [-0.05, 0) is 55.0 Å². The van der Waals surface area contributed by atoms with Gasteiger partial charge in [-0.1, -0.05) is 29.8 Å². The summed E-state index contributed by atoms with van der Waals surface area (Å²) in [7, 11) is -3.65. The summed E-state index contributed by atoms with van der Waals surface area (Å²) in [4.78, 5) is 4.47. The highest BCUT2D eigenvalue weighted by atomic mass is 35.5. The van der Waals surface area contributed by atoms with Crippen molar-refractivity contribution in [3.8, 4) is 0 Å². The van der Waals surface area contributed by atoms with Crippen molar-refractivity contribution in [2.45, 2.75) is 11.8 Å². The molecule has 0 aliphatic carbocycles. The molecule has 25 heavy (non-hydrogen) atoms. The van der Waals surface area contributed by atoms with Crippen LogP contribution in [-0.4, -0.2) is 13.4 Å². The molecule has 1 heterocycles. The average Bonchev–Trinajstić information content (AvgIpc) is 2.59. The van der Waals surface area contributed by atoms with Gasteiger partial charge in [0.15, 0.2) is 0 Å². The maximum atomic E-state index is 12.5. The minimum atomic E-state index is -3.65. The fourth-order valence-electron chi connectivity index (χ4n) is 2.28. The minimum Gasteiger partial charge on any atom is -0.340 e. The van der Waals surface area contributed by atoms with E-state index in [0.717, 1.165) is 5.69 Å². The van der Waals surface area contributed by atoms with Gasteiger partial charge in [-0.3, -0.25) is 4.72 Å². The normalized spacial score (nSPS) is 11.1. The van der Waals surface area contributed by atoms with Gasteiger partial charge < -0.3 is 5.32 Å². The Morgan fingerprint density at radius 1 is 0.920 bits per heavy atom. The number of hydrogen-bond acceptors (Lipinski definition) is 4. The molecule has 2 N–H and O–H groups in total. The molecule has 0 spiro atoms. The Morgan fingerprint density at radius 2 is 1.60 bits per heavy atom. The largest absolute Gasteiger partial charge is 0.340 e. The zero-order valence-electron chi connectivity index (χ0n) is 13.4. The van der Waals surface area contributed by atoms with E-state index in [-0.39, 0.29) is 4.90 Å². The fraction of sp³-hybridized carbons (Fsp3) is 0.0556. The molecule has 5 nitrogen and oxygen atoms in total. The number of halogens is 1. The summed E-state index contributed by atoms with van der Waals surface area (Å²) in [5.74, 6) is 0.598. The van der Waals surface area contributed by atoms with E-state index in [2.05, 4.69) is 15.0 Å². The number of pyridine rings is 1. The van der Waals surface area contributed by atoms with Crippen molar-refractivity contribution in [2.75, 3.05) is 10.0 Å². The summed E-state index contributed by atoms with van der Waals surface area (Å²) in [6.45, 7) is 1.76. The second-order valence-corrected chi connectivity index (χ2v) is 7.52. The Bertz CT molecular complexity index is 972. The average molecular weight is 374 g/mol. The van der Waals surface area contributed by atoms with Gasteiger partial charge >= 0.3 is 0 Å². The van der Waals surface area contributed by atoms with E-state index >= 15 is 0 Å².